The van der Waals surface area contributed by atoms with Crippen molar-refractivity contribution in [1.29, 1.82) is 0 Å². The number of rotatable bonds is 4. The van der Waals surface area contributed by atoms with Gasteiger partial charge < -0.3 is 4.74 Å². The molecule has 4 nitrogen and oxygen atoms in total. The Kier molecular flexibility index (Phi) is 5.61. The van der Waals surface area contributed by atoms with E-state index in [1.165, 1.54) is 12.7 Å². The quantitative estimate of drug-likeness (QED) is 0.517. The van der Waals surface area contributed by atoms with Crippen molar-refractivity contribution in [2.45, 2.75) is 20.3 Å². The Bertz CT molecular complexity index is 958. The highest BCUT2D eigenvalue weighted by atomic mass is 79.9. The molecule has 0 aromatic heterocycles. The zero-order chi connectivity index (χ0) is 19.6. The van der Waals surface area contributed by atoms with Gasteiger partial charge in [0.05, 0.1) is 18.3 Å². The van der Waals surface area contributed by atoms with Crippen molar-refractivity contribution < 1.29 is 14.3 Å². The lowest BCUT2D eigenvalue weighted by molar-refractivity contribution is -0.136. The first kappa shape index (κ1) is 19.1. The Labute approximate surface area is 167 Å². The fourth-order valence-electron chi connectivity index (χ4n) is 3.13. The molecule has 0 unspecified atom stereocenters. The summed E-state index contributed by atoms with van der Waals surface area (Å²) in [6.45, 7) is 3.84. The van der Waals surface area contributed by atoms with Crippen molar-refractivity contribution in [1.82, 2.24) is 0 Å². The minimum absolute atomic E-state index is 0.239. The predicted octanol–water partition coefficient (Wildman–Crippen LogP) is 4.89. The molecular formula is C22H20BrNO3. The van der Waals surface area contributed by atoms with E-state index in [1.807, 2.05) is 48.5 Å². The molecule has 1 heterocycles. The lowest BCUT2D eigenvalue weighted by Gasteiger charge is -2.18. The maximum Gasteiger partial charge on any atom is 0.340 e. The molecule has 1 amide bonds. The third-order valence-electron chi connectivity index (χ3n) is 4.55. The first-order valence-corrected chi connectivity index (χ1v) is 9.45. The SMILES string of the molecule is CCc1ccc(N2C(=O)/C(=C\c3cccc(Br)c3)C(C(=O)OC)=C2C)cc1. The summed E-state index contributed by atoms with van der Waals surface area (Å²) in [5.41, 5.74) is 3.93. The molecular weight excluding hydrogens is 406 g/mol. The summed E-state index contributed by atoms with van der Waals surface area (Å²) in [7, 11) is 1.32. The molecule has 0 saturated heterocycles. The molecule has 0 saturated carbocycles. The van der Waals surface area contributed by atoms with Gasteiger partial charge in [-0.2, -0.15) is 0 Å². The molecule has 0 spiro atoms. The van der Waals surface area contributed by atoms with Crippen molar-refractivity contribution in [3.8, 4) is 0 Å². The number of hydrogen-bond donors (Lipinski definition) is 0. The Balaban J connectivity index is 2.11. The second-order valence-corrected chi connectivity index (χ2v) is 7.14. The van der Waals surface area contributed by atoms with Crippen molar-refractivity contribution >= 4 is 39.6 Å². The topological polar surface area (TPSA) is 46.6 Å². The highest BCUT2D eigenvalue weighted by molar-refractivity contribution is 9.10. The van der Waals surface area contributed by atoms with E-state index >= 15 is 0 Å². The first-order valence-electron chi connectivity index (χ1n) is 8.66. The van der Waals surface area contributed by atoms with E-state index in [4.69, 9.17) is 4.74 Å². The zero-order valence-electron chi connectivity index (χ0n) is 15.5. The van der Waals surface area contributed by atoms with Gasteiger partial charge >= 0.3 is 5.97 Å². The van der Waals surface area contributed by atoms with E-state index in [0.717, 1.165) is 22.1 Å². The summed E-state index contributed by atoms with van der Waals surface area (Å²) in [6.07, 6.45) is 2.65. The van der Waals surface area contributed by atoms with Crippen LogP contribution in [-0.2, 0) is 20.7 Å². The van der Waals surface area contributed by atoms with Gasteiger partial charge in [-0.15, -0.1) is 0 Å². The molecule has 1 aliphatic rings. The lowest BCUT2D eigenvalue weighted by atomic mass is 10.0. The van der Waals surface area contributed by atoms with Gasteiger partial charge in [0.15, 0.2) is 0 Å². The number of carbonyl (C=O) groups excluding carboxylic acids is 2. The molecule has 3 rings (SSSR count). The number of nitrogens with zero attached hydrogens (tertiary/aromatic N) is 1. The maximum atomic E-state index is 13.2. The van der Waals surface area contributed by atoms with E-state index < -0.39 is 5.97 Å². The van der Waals surface area contributed by atoms with E-state index in [9.17, 15) is 9.59 Å². The third-order valence-corrected chi connectivity index (χ3v) is 5.05. The minimum atomic E-state index is -0.519. The van der Waals surface area contributed by atoms with Gasteiger partial charge in [-0.3, -0.25) is 9.69 Å². The van der Waals surface area contributed by atoms with Crippen LogP contribution in [0, 0.1) is 0 Å². The molecule has 138 valence electrons. The Morgan fingerprint density at radius 2 is 1.89 bits per heavy atom. The Morgan fingerprint density at radius 1 is 1.19 bits per heavy atom. The number of carbonyl (C=O) groups is 2. The Morgan fingerprint density at radius 3 is 2.48 bits per heavy atom. The number of benzene rings is 2. The fourth-order valence-corrected chi connectivity index (χ4v) is 3.55. The van der Waals surface area contributed by atoms with Gasteiger partial charge in [-0.05, 0) is 54.8 Å². The second kappa shape index (κ2) is 7.92. The van der Waals surface area contributed by atoms with Crippen LogP contribution in [-0.4, -0.2) is 19.0 Å². The smallest absolute Gasteiger partial charge is 0.340 e. The van der Waals surface area contributed by atoms with Gasteiger partial charge in [-0.1, -0.05) is 47.1 Å². The molecule has 5 heteroatoms. The van der Waals surface area contributed by atoms with Crippen LogP contribution in [0.25, 0.3) is 6.08 Å². The number of methoxy groups -OCH3 is 1. The largest absolute Gasteiger partial charge is 0.465 e. The summed E-state index contributed by atoms with van der Waals surface area (Å²) in [4.78, 5) is 27.2. The number of halogens is 1. The van der Waals surface area contributed by atoms with E-state index in [-0.39, 0.29) is 5.91 Å². The fraction of sp³-hybridized carbons (Fsp3) is 0.182. The van der Waals surface area contributed by atoms with Gasteiger partial charge in [0.25, 0.3) is 5.91 Å². The molecule has 2 aromatic rings. The highest BCUT2D eigenvalue weighted by Gasteiger charge is 2.37. The number of esters is 1. The molecule has 1 aliphatic heterocycles. The number of ether oxygens (including phenoxy) is 1. The van der Waals surface area contributed by atoms with Crippen LogP contribution in [0.4, 0.5) is 5.69 Å². The number of anilines is 1. The van der Waals surface area contributed by atoms with Gasteiger partial charge in [0, 0.05) is 15.9 Å². The van der Waals surface area contributed by atoms with Crippen LogP contribution in [0.3, 0.4) is 0 Å². The van der Waals surface area contributed by atoms with Crippen molar-refractivity contribution in [2.24, 2.45) is 0 Å². The van der Waals surface area contributed by atoms with E-state index in [2.05, 4.69) is 22.9 Å². The van der Waals surface area contributed by atoms with Crippen LogP contribution >= 0.6 is 15.9 Å². The summed E-state index contributed by atoms with van der Waals surface area (Å²) >= 11 is 3.43. The number of allylic oxidation sites excluding steroid dienone is 1. The van der Waals surface area contributed by atoms with E-state index in [1.54, 1.807) is 17.9 Å². The molecule has 0 fully saturated rings. The standard InChI is InChI=1S/C22H20BrNO3/c1-4-15-8-10-18(11-9-15)24-14(2)20(22(26)27-3)19(21(24)25)13-16-6-5-7-17(23)12-16/h5-13H,4H2,1-3H3/b19-13-. The second-order valence-electron chi connectivity index (χ2n) is 6.23. The minimum Gasteiger partial charge on any atom is -0.465 e. The normalized spacial score (nSPS) is 15.6. The number of aryl methyl sites for hydroxylation is 1. The lowest BCUT2D eigenvalue weighted by Crippen LogP contribution is -2.24. The molecule has 0 radical (unpaired) electrons. The van der Waals surface area contributed by atoms with Gasteiger partial charge in [0.1, 0.15) is 0 Å². The predicted molar refractivity (Wildman–Crippen MR) is 110 cm³/mol. The molecule has 0 bridgehead atoms. The van der Waals surface area contributed by atoms with Crippen LogP contribution < -0.4 is 4.90 Å². The zero-order valence-corrected chi connectivity index (χ0v) is 17.0. The summed E-state index contributed by atoms with van der Waals surface area (Å²) in [5.74, 6) is -0.758. The van der Waals surface area contributed by atoms with Gasteiger partial charge in [-0.25, -0.2) is 4.79 Å². The molecule has 0 N–H and O–H groups in total. The van der Waals surface area contributed by atoms with Crippen LogP contribution in [0.5, 0.6) is 0 Å². The maximum absolute atomic E-state index is 13.2. The summed E-state index contributed by atoms with van der Waals surface area (Å²) in [6, 6.07) is 15.3. The summed E-state index contributed by atoms with van der Waals surface area (Å²) in [5, 5.41) is 0. The molecule has 27 heavy (non-hydrogen) atoms. The highest BCUT2D eigenvalue weighted by Crippen LogP contribution is 2.35. The first-order chi connectivity index (χ1) is 13.0. The van der Waals surface area contributed by atoms with Crippen molar-refractivity contribution in [3.05, 3.63) is 81.0 Å². The molecule has 0 atom stereocenters. The third kappa shape index (κ3) is 3.74. The number of hydrogen-bond acceptors (Lipinski definition) is 3. The average Bonchev–Trinajstić information content (AvgIpc) is 2.91. The molecule has 0 aliphatic carbocycles. The van der Waals surface area contributed by atoms with Crippen molar-refractivity contribution in [2.75, 3.05) is 12.0 Å². The van der Waals surface area contributed by atoms with Gasteiger partial charge in [0.2, 0.25) is 0 Å². The summed E-state index contributed by atoms with van der Waals surface area (Å²) < 4.78 is 5.84. The number of amides is 1. The average molecular weight is 426 g/mol. The Hall–Kier alpha value is -2.66. The van der Waals surface area contributed by atoms with E-state index in [0.29, 0.717) is 16.8 Å². The molecule has 2 aromatic carbocycles. The van der Waals surface area contributed by atoms with Crippen LogP contribution in [0.2, 0.25) is 0 Å². The monoisotopic (exact) mass is 425 g/mol. The van der Waals surface area contributed by atoms with Crippen LogP contribution in [0.1, 0.15) is 25.0 Å². The van der Waals surface area contributed by atoms with Crippen molar-refractivity contribution in [3.63, 3.8) is 0 Å². The van der Waals surface area contributed by atoms with Crippen LogP contribution in [0.15, 0.2) is 69.8 Å².